The minimum absolute atomic E-state index is 0.105. The summed E-state index contributed by atoms with van der Waals surface area (Å²) < 4.78 is 48.8. The first-order chi connectivity index (χ1) is 22.6. The number of hydrogen-bond donors (Lipinski definition) is 3. The number of aromatic nitrogens is 1. The molecule has 6 rings (SSSR count). The van der Waals surface area contributed by atoms with E-state index in [0.717, 1.165) is 51.2 Å². The molecule has 1 saturated carbocycles. The number of benzene rings is 2. The lowest BCUT2D eigenvalue weighted by Crippen LogP contribution is -2.53. The Labute approximate surface area is 270 Å². The zero-order valence-electron chi connectivity index (χ0n) is 25.9. The Hall–Kier alpha value is -4.69. The molecule has 3 aromatic rings. The monoisotopic (exact) mass is 651 g/mol. The Morgan fingerprint density at radius 3 is 2.19 bits per heavy atom. The van der Waals surface area contributed by atoms with Crippen LogP contribution in [0.2, 0.25) is 0 Å². The van der Waals surface area contributed by atoms with Crippen LogP contribution < -0.4 is 20.7 Å². The summed E-state index contributed by atoms with van der Waals surface area (Å²) in [7, 11) is 2.12. The standard InChI is InChI=1S/C33H36F3N7O4/c1-41-14-16-42(17-15-41)23-7-12-43(13-8-23)32(46)40-29-18-24(6-11-37-29)47-28-20-25(35)27(19-26(28)36)39-31(45)33(9-10-33)30(44)38-22-4-2-21(34)3-5-22/h2-6,11,18-20,23H,7-10,12-17H2,1H3,(H,38,44)(H,39,45)(H,37,40,46). The highest BCUT2D eigenvalue weighted by molar-refractivity contribution is 6.17. The minimum atomic E-state index is -1.45. The number of ether oxygens (including phenoxy) is 1. The second kappa shape index (κ2) is 13.6. The number of anilines is 3. The fourth-order valence-electron chi connectivity index (χ4n) is 5.89. The number of likely N-dealkylation sites (N-methyl/N-ethyl adjacent to an activating group) is 1. The number of urea groups is 1. The maximum atomic E-state index is 15.0. The highest BCUT2D eigenvalue weighted by atomic mass is 19.1. The molecule has 2 saturated heterocycles. The molecule has 1 aliphatic carbocycles. The van der Waals surface area contributed by atoms with Crippen molar-refractivity contribution >= 4 is 35.0 Å². The number of rotatable bonds is 8. The van der Waals surface area contributed by atoms with E-state index in [4.69, 9.17) is 4.74 Å². The lowest BCUT2D eigenvalue weighted by molar-refractivity contribution is -0.131. The minimum Gasteiger partial charge on any atom is -0.454 e. The predicted octanol–water partition coefficient (Wildman–Crippen LogP) is 4.89. The molecule has 2 aromatic carbocycles. The van der Waals surface area contributed by atoms with Gasteiger partial charge in [0.2, 0.25) is 11.8 Å². The van der Waals surface area contributed by atoms with Crippen molar-refractivity contribution in [3.63, 3.8) is 0 Å². The molecule has 0 bridgehead atoms. The third-order valence-electron chi connectivity index (χ3n) is 8.99. The lowest BCUT2D eigenvalue weighted by Gasteiger charge is -2.42. The molecule has 14 heteroatoms. The summed E-state index contributed by atoms with van der Waals surface area (Å²) in [4.78, 5) is 49.4. The van der Waals surface area contributed by atoms with Gasteiger partial charge in [0, 0.05) is 75.4 Å². The summed E-state index contributed by atoms with van der Waals surface area (Å²) in [6, 6.07) is 9.58. The number of piperazine rings is 1. The van der Waals surface area contributed by atoms with Crippen molar-refractivity contribution in [3.05, 3.63) is 72.2 Å². The van der Waals surface area contributed by atoms with Gasteiger partial charge in [-0.3, -0.25) is 19.8 Å². The summed E-state index contributed by atoms with van der Waals surface area (Å²) in [6.45, 7) is 5.39. The van der Waals surface area contributed by atoms with Crippen LogP contribution in [0.25, 0.3) is 0 Å². The maximum Gasteiger partial charge on any atom is 0.323 e. The van der Waals surface area contributed by atoms with Crippen molar-refractivity contribution in [2.45, 2.75) is 31.7 Å². The molecule has 4 amide bonds. The van der Waals surface area contributed by atoms with Gasteiger partial charge in [-0.2, -0.15) is 0 Å². The summed E-state index contributed by atoms with van der Waals surface area (Å²) in [6.07, 6.45) is 3.58. The van der Waals surface area contributed by atoms with Crippen molar-refractivity contribution in [2.24, 2.45) is 5.41 Å². The maximum absolute atomic E-state index is 15.0. The lowest BCUT2D eigenvalue weighted by atomic mass is 10.0. The van der Waals surface area contributed by atoms with Gasteiger partial charge in [0.15, 0.2) is 17.4 Å². The first kappa shape index (κ1) is 32.3. The molecule has 248 valence electrons. The molecule has 0 spiro atoms. The van der Waals surface area contributed by atoms with Crippen molar-refractivity contribution in [3.8, 4) is 11.5 Å². The van der Waals surface area contributed by atoms with Gasteiger partial charge in [-0.05, 0) is 63.1 Å². The van der Waals surface area contributed by atoms with Crippen LogP contribution in [0.1, 0.15) is 25.7 Å². The fourth-order valence-corrected chi connectivity index (χ4v) is 5.89. The van der Waals surface area contributed by atoms with Crippen LogP contribution in [0, 0.1) is 22.9 Å². The van der Waals surface area contributed by atoms with Crippen molar-refractivity contribution in [2.75, 3.05) is 62.3 Å². The molecule has 11 nitrogen and oxygen atoms in total. The van der Waals surface area contributed by atoms with Crippen LogP contribution in [-0.2, 0) is 9.59 Å². The Balaban J connectivity index is 1.03. The van der Waals surface area contributed by atoms with E-state index < -0.39 is 46.1 Å². The number of likely N-dealkylation sites (tertiary alicyclic amines) is 1. The smallest absolute Gasteiger partial charge is 0.323 e. The zero-order valence-corrected chi connectivity index (χ0v) is 25.9. The van der Waals surface area contributed by atoms with Crippen molar-refractivity contribution in [1.82, 2.24) is 19.7 Å². The van der Waals surface area contributed by atoms with Crippen molar-refractivity contribution in [1.29, 1.82) is 0 Å². The van der Waals surface area contributed by atoms with E-state index >= 15 is 8.78 Å². The molecule has 0 atom stereocenters. The quantitative estimate of drug-likeness (QED) is 0.297. The number of amides is 4. The molecule has 0 unspecified atom stereocenters. The summed E-state index contributed by atoms with van der Waals surface area (Å²) in [5.74, 6) is -4.00. The number of piperidine rings is 1. The zero-order chi connectivity index (χ0) is 33.1. The van der Waals surface area contributed by atoms with Crippen LogP contribution in [0.5, 0.6) is 11.5 Å². The van der Waals surface area contributed by atoms with E-state index in [1.807, 2.05) is 0 Å². The van der Waals surface area contributed by atoms with Gasteiger partial charge >= 0.3 is 6.03 Å². The van der Waals surface area contributed by atoms with Gasteiger partial charge in [-0.15, -0.1) is 0 Å². The summed E-state index contributed by atoms with van der Waals surface area (Å²) in [5.41, 5.74) is -1.61. The molecule has 3 N–H and O–H groups in total. The average molecular weight is 652 g/mol. The molecule has 2 aliphatic heterocycles. The van der Waals surface area contributed by atoms with Crippen LogP contribution in [0.15, 0.2) is 54.7 Å². The Morgan fingerprint density at radius 2 is 1.51 bits per heavy atom. The Bertz CT molecular complexity index is 1640. The molecule has 0 radical (unpaired) electrons. The molecular formula is C33H36F3N7O4. The van der Waals surface area contributed by atoms with E-state index in [1.165, 1.54) is 42.6 Å². The van der Waals surface area contributed by atoms with E-state index in [2.05, 4.69) is 37.8 Å². The number of hydrogen-bond acceptors (Lipinski definition) is 7. The van der Waals surface area contributed by atoms with Gasteiger partial charge in [-0.25, -0.2) is 22.9 Å². The first-order valence-corrected chi connectivity index (χ1v) is 15.6. The van der Waals surface area contributed by atoms with Crippen LogP contribution in [0.4, 0.5) is 35.2 Å². The molecular weight excluding hydrogens is 615 g/mol. The fraction of sp³-hybridized carbons (Fsp3) is 0.394. The normalized spacial score (nSPS) is 18.3. The van der Waals surface area contributed by atoms with Gasteiger partial charge in [0.1, 0.15) is 22.8 Å². The third kappa shape index (κ3) is 7.49. The largest absolute Gasteiger partial charge is 0.454 e. The average Bonchev–Trinajstić information content (AvgIpc) is 3.88. The van der Waals surface area contributed by atoms with Gasteiger partial charge in [0.25, 0.3) is 0 Å². The van der Waals surface area contributed by atoms with Gasteiger partial charge in [-0.1, -0.05) is 0 Å². The van der Waals surface area contributed by atoms with Crippen molar-refractivity contribution < 1.29 is 32.3 Å². The predicted molar refractivity (Wildman–Crippen MR) is 169 cm³/mol. The SMILES string of the molecule is CN1CCN(C2CCN(C(=O)Nc3cc(Oc4cc(F)c(NC(=O)C5(C(=O)Nc6ccc(F)cc6)CC5)cc4F)ccn3)CC2)CC1. The van der Waals surface area contributed by atoms with E-state index in [-0.39, 0.29) is 30.4 Å². The summed E-state index contributed by atoms with van der Waals surface area (Å²) >= 11 is 0. The van der Waals surface area contributed by atoms with Gasteiger partial charge in [0.05, 0.1) is 5.69 Å². The molecule has 3 heterocycles. The van der Waals surface area contributed by atoms with E-state index in [9.17, 15) is 18.8 Å². The van der Waals surface area contributed by atoms with E-state index in [0.29, 0.717) is 24.8 Å². The van der Waals surface area contributed by atoms with Crippen LogP contribution in [-0.4, -0.2) is 89.9 Å². The Kier molecular flexibility index (Phi) is 9.32. The number of nitrogens with zero attached hydrogens (tertiary/aromatic N) is 4. The number of nitrogens with one attached hydrogen (secondary N) is 3. The number of halogens is 3. The third-order valence-corrected chi connectivity index (χ3v) is 8.99. The molecule has 1 aromatic heterocycles. The van der Waals surface area contributed by atoms with E-state index in [1.54, 1.807) is 4.90 Å². The van der Waals surface area contributed by atoms with Gasteiger partial charge < -0.3 is 25.2 Å². The topological polar surface area (TPSA) is 119 Å². The van der Waals surface area contributed by atoms with Crippen LogP contribution >= 0.6 is 0 Å². The molecule has 3 aliphatic rings. The first-order valence-electron chi connectivity index (χ1n) is 15.6. The second-order valence-corrected chi connectivity index (χ2v) is 12.2. The number of carbonyl (C=O) groups is 3. The van der Waals surface area contributed by atoms with Crippen LogP contribution in [0.3, 0.4) is 0 Å². The molecule has 47 heavy (non-hydrogen) atoms. The summed E-state index contributed by atoms with van der Waals surface area (Å²) in [5, 5.41) is 7.62. The number of carbonyl (C=O) groups excluding carboxylic acids is 3. The highest BCUT2D eigenvalue weighted by Crippen LogP contribution is 2.48. The highest BCUT2D eigenvalue weighted by Gasteiger charge is 2.56. The molecule has 3 fully saturated rings. The number of pyridine rings is 1. The Morgan fingerprint density at radius 1 is 0.830 bits per heavy atom. The second-order valence-electron chi connectivity index (χ2n) is 12.2.